The van der Waals surface area contributed by atoms with Crippen LogP contribution in [0.15, 0.2) is 24.4 Å². The van der Waals surface area contributed by atoms with Crippen molar-refractivity contribution in [1.29, 1.82) is 0 Å². The molecule has 0 radical (unpaired) electrons. The molecule has 0 amide bonds. The van der Waals surface area contributed by atoms with Gasteiger partial charge in [-0.25, -0.2) is 0 Å². The molecule has 100 valence electrons. The number of halogens is 2. The van der Waals surface area contributed by atoms with Crippen LogP contribution in [0.3, 0.4) is 0 Å². The van der Waals surface area contributed by atoms with Crippen LogP contribution in [0.5, 0.6) is 5.75 Å². The minimum Gasteiger partial charge on any atom is -0.495 e. The van der Waals surface area contributed by atoms with Crippen molar-refractivity contribution in [3.05, 3.63) is 45.7 Å². The summed E-state index contributed by atoms with van der Waals surface area (Å²) in [6, 6.07) is 4.93. The number of hydrogen-bond donors (Lipinski definition) is 0. The van der Waals surface area contributed by atoms with Gasteiger partial charge < -0.3 is 4.74 Å². The van der Waals surface area contributed by atoms with Gasteiger partial charge >= 0.3 is 0 Å². The van der Waals surface area contributed by atoms with Crippen LogP contribution in [0, 0.1) is 6.92 Å². The maximum absolute atomic E-state index is 12.1. The SMILES string of the molecule is COc1ccc(C(=O)Cn2ncc(Cl)c2C)cc1Cl. The number of rotatable bonds is 4. The van der Waals surface area contributed by atoms with Gasteiger partial charge in [0.25, 0.3) is 0 Å². The van der Waals surface area contributed by atoms with E-state index in [2.05, 4.69) is 5.10 Å². The van der Waals surface area contributed by atoms with Crippen LogP contribution < -0.4 is 4.74 Å². The second-order valence-corrected chi connectivity index (χ2v) is 4.82. The lowest BCUT2D eigenvalue weighted by atomic mass is 10.1. The van der Waals surface area contributed by atoms with E-state index < -0.39 is 0 Å². The first-order valence-corrected chi connectivity index (χ1v) is 6.33. The molecule has 1 aromatic carbocycles. The van der Waals surface area contributed by atoms with E-state index in [1.54, 1.807) is 22.9 Å². The Morgan fingerprint density at radius 1 is 1.37 bits per heavy atom. The number of ketones is 1. The summed E-state index contributed by atoms with van der Waals surface area (Å²) in [6.07, 6.45) is 1.52. The van der Waals surface area contributed by atoms with Crippen molar-refractivity contribution in [3.8, 4) is 5.75 Å². The molecular formula is C13H12Cl2N2O2. The summed E-state index contributed by atoms with van der Waals surface area (Å²) >= 11 is 11.9. The van der Waals surface area contributed by atoms with Crippen molar-refractivity contribution in [2.75, 3.05) is 7.11 Å². The number of carbonyl (C=O) groups excluding carboxylic acids is 1. The van der Waals surface area contributed by atoms with Crippen molar-refractivity contribution in [1.82, 2.24) is 9.78 Å². The summed E-state index contributed by atoms with van der Waals surface area (Å²) in [5.41, 5.74) is 1.27. The van der Waals surface area contributed by atoms with Crippen molar-refractivity contribution in [2.45, 2.75) is 13.5 Å². The molecule has 1 heterocycles. The van der Waals surface area contributed by atoms with Gasteiger partial charge in [-0.2, -0.15) is 5.10 Å². The first-order chi connectivity index (χ1) is 9.02. The molecule has 0 saturated heterocycles. The van der Waals surface area contributed by atoms with Crippen LogP contribution >= 0.6 is 23.2 Å². The third-order valence-corrected chi connectivity index (χ3v) is 3.48. The first-order valence-electron chi connectivity index (χ1n) is 5.57. The average molecular weight is 299 g/mol. The fourth-order valence-electron chi connectivity index (χ4n) is 1.65. The fourth-order valence-corrected chi connectivity index (χ4v) is 2.05. The van der Waals surface area contributed by atoms with E-state index in [9.17, 15) is 4.79 Å². The number of carbonyl (C=O) groups is 1. The Bertz CT molecular complexity index is 623. The van der Waals surface area contributed by atoms with Gasteiger partial charge in [-0.15, -0.1) is 0 Å². The highest BCUT2D eigenvalue weighted by Crippen LogP contribution is 2.25. The summed E-state index contributed by atoms with van der Waals surface area (Å²) in [7, 11) is 1.53. The Hall–Kier alpha value is -1.52. The highest BCUT2D eigenvalue weighted by atomic mass is 35.5. The number of hydrogen-bond acceptors (Lipinski definition) is 3. The largest absolute Gasteiger partial charge is 0.495 e. The van der Waals surface area contributed by atoms with Crippen molar-refractivity contribution in [3.63, 3.8) is 0 Å². The molecule has 0 unspecified atom stereocenters. The van der Waals surface area contributed by atoms with Crippen LogP contribution in [0.1, 0.15) is 16.1 Å². The normalized spacial score (nSPS) is 10.5. The van der Waals surface area contributed by atoms with E-state index in [4.69, 9.17) is 27.9 Å². The minimum atomic E-state index is -0.0904. The van der Waals surface area contributed by atoms with E-state index >= 15 is 0 Å². The second-order valence-electron chi connectivity index (χ2n) is 4.01. The van der Waals surface area contributed by atoms with E-state index in [0.29, 0.717) is 21.4 Å². The maximum atomic E-state index is 12.1. The summed E-state index contributed by atoms with van der Waals surface area (Å²) < 4.78 is 6.60. The van der Waals surface area contributed by atoms with Crippen LogP contribution in [0.25, 0.3) is 0 Å². The number of Topliss-reactive ketones (excluding diaryl/α,β-unsaturated/α-hetero) is 1. The van der Waals surface area contributed by atoms with Gasteiger partial charge in [-0.1, -0.05) is 23.2 Å². The molecule has 6 heteroatoms. The quantitative estimate of drug-likeness (QED) is 0.813. The predicted octanol–water partition coefficient (Wildman–Crippen LogP) is 3.39. The Balaban J connectivity index is 2.21. The lowest BCUT2D eigenvalue weighted by molar-refractivity contribution is 0.0967. The van der Waals surface area contributed by atoms with E-state index in [1.165, 1.54) is 13.3 Å². The third kappa shape index (κ3) is 2.91. The zero-order valence-corrected chi connectivity index (χ0v) is 12.0. The number of nitrogens with zero attached hydrogens (tertiary/aromatic N) is 2. The smallest absolute Gasteiger partial charge is 0.184 e. The second kappa shape index (κ2) is 5.63. The molecule has 0 N–H and O–H groups in total. The standard InChI is InChI=1S/C13H12Cl2N2O2/c1-8-11(15)6-16-17(8)7-12(18)9-3-4-13(19-2)10(14)5-9/h3-6H,7H2,1-2H3. The van der Waals surface area contributed by atoms with E-state index in [1.807, 2.05) is 6.92 Å². The highest BCUT2D eigenvalue weighted by Gasteiger charge is 2.12. The van der Waals surface area contributed by atoms with Gasteiger partial charge in [0.05, 0.1) is 29.0 Å². The minimum absolute atomic E-state index is 0.0904. The van der Waals surface area contributed by atoms with Crippen molar-refractivity contribution < 1.29 is 9.53 Å². The molecule has 2 aromatic rings. The van der Waals surface area contributed by atoms with Crippen LogP contribution in [-0.2, 0) is 6.54 Å². The topological polar surface area (TPSA) is 44.1 Å². The summed E-state index contributed by atoms with van der Waals surface area (Å²) in [5, 5.41) is 4.99. The van der Waals surface area contributed by atoms with Gasteiger partial charge in [0.15, 0.2) is 5.78 Å². The van der Waals surface area contributed by atoms with Crippen LogP contribution in [-0.4, -0.2) is 22.7 Å². The lowest BCUT2D eigenvalue weighted by Gasteiger charge is -2.07. The molecule has 0 aliphatic carbocycles. The molecule has 0 fully saturated rings. The van der Waals surface area contributed by atoms with E-state index in [0.717, 1.165) is 5.69 Å². The molecular weight excluding hydrogens is 287 g/mol. The summed E-state index contributed by atoms with van der Waals surface area (Å²) in [4.78, 5) is 12.1. The van der Waals surface area contributed by atoms with E-state index in [-0.39, 0.29) is 12.3 Å². The molecule has 4 nitrogen and oxygen atoms in total. The Labute approximate surface area is 120 Å². The first kappa shape index (κ1) is 13.9. The average Bonchev–Trinajstić information content (AvgIpc) is 2.70. The zero-order valence-electron chi connectivity index (χ0n) is 10.5. The Morgan fingerprint density at radius 2 is 2.11 bits per heavy atom. The van der Waals surface area contributed by atoms with Gasteiger partial charge in [0, 0.05) is 5.56 Å². The maximum Gasteiger partial charge on any atom is 0.184 e. The van der Waals surface area contributed by atoms with Gasteiger partial charge in [0.2, 0.25) is 0 Å². The predicted molar refractivity (Wildman–Crippen MR) is 74.3 cm³/mol. The lowest BCUT2D eigenvalue weighted by Crippen LogP contribution is -2.13. The molecule has 0 atom stereocenters. The Kier molecular flexibility index (Phi) is 4.12. The fraction of sp³-hybridized carbons (Fsp3) is 0.231. The Morgan fingerprint density at radius 3 is 2.63 bits per heavy atom. The molecule has 19 heavy (non-hydrogen) atoms. The number of aromatic nitrogens is 2. The molecule has 2 rings (SSSR count). The molecule has 1 aromatic heterocycles. The highest BCUT2D eigenvalue weighted by molar-refractivity contribution is 6.32. The molecule has 0 aliphatic heterocycles. The van der Waals surface area contributed by atoms with Crippen molar-refractivity contribution in [2.24, 2.45) is 0 Å². The van der Waals surface area contributed by atoms with Crippen LogP contribution in [0.2, 0.25) is 10.0 Å². The van der Waals surface area contributed by atoms with Crippen molar-refractivity contribution >= 4 is 29.0 Å². The molecule has 0 bridgehead atoms. The number of benzene rings is 1. The number of ether oxygens (including phenoxy) is 1. The molecule has 0 aliphatic rings. The van der Waals surface area contributed by atoms with Gasteiger partial charge in [-0.3, -0.25) is 9.48 Å². The molecule has 0 spiro atoms. The monoisotopic (exact) mass is 298 g/mol. The molecule has 0 saturated carbocycles. The van der Waals surface area contributed by atoms with Gasteiger partial charge in [0.1, 0.15) is 12.3 Å². The van der Waals surface area contributed by atoms with Gasteiger partial charge in [-0.05, 0) is 25.1 Å². The summed E-state index contributed by atoms with van der Waals surface area (Å²) in [5.74, 6) is 0.448. The zero-order chi connectivity index (χ0) is 14.0. The third-order valence-electron chi connectivity index (χ3n) is 2.81. The number of methoxy groups -OCH3 is 1. The van der Waals surface area contributed by atoms with Crippen LogP contribution in [0.4, 0.5) is 0 Å². The summed E-state index contributed by atoms with van der Waals surface area (Å²) in [6.45, 7) is 1.94.